The number of amides is 1. The zero-order valence-corrected chi connectivity index (χ0v) is 14.2. The first-order valence-electron chi connectivity index (χ1n) is 7.60. The maximum absolute atomic E-state index is 11.9. The van der Waals surface area contributed by atoms with Gasteiger partial charge in [0.25, 0.3) is 5.91 Å². The largest absolute Gasteiger partial charge is 0.508 e. The normalized spacial score (nSPS) is 11.8. The molecule has 0 unspecified atom stereocenters. The van der Waals surface area contributed by atoms with Crippen molar-refractivity contribution >= 4 is 18.1 Å². The highest BCUT2D eigenvalue weighted by atomic mass is 16.5. The topological polar surface area (TPSA) is 117 Å². The Balaban J connectivity index is 2.04. The van der Waals surface area contributed by atoms with Crippen LogP contribution in [0.25, 0.3) is 0 Å². The van der Waals surface area contributed by atoms with Crippen molar-refractivity contribution in [3.63, 3.8) is 0 Å². The molecule has 0 saturated carbocycles. The van der Waals surface area contributed by atoms with Crippen molar-refractivity contribution in [1.29, 1.82) is 0 Å². The molecule has 2 aromatic rings. The molecule has 0 aliphatic heterocycles. The van der Waals surface area contributed by atoms with Gasteiger partial charge in [0.15, 0.2) is 17.6 Å². The van der Waals surface area contributed by atoms with Crippen molar-refractivity contribution in [2.45, 2.75) is 13.0 Å². The summed E-state index contributed by atoms with van der Waals surface area (Å²) >= 11 is 0. The molecule has 0 aromatic heterocycles. The number of ether oxygens (including phenoxy) is 2. The number of carbonyl (C=O) groups is 2. The van der Waals surface area contributed by atoms with Crippen molar-refractivity contribution in [2.24, 2.45) is 5.10 Å². The van der Waals surface area contributed by atoms with Crippen LogP contribution in [0, 0.1) is 0 Å². The van der Waals surface area contributed by atoms with Gasteiger partial charge >= 0.3 is 5.97 Å². The summed E-state index contributed by atoms with van der Waals surface area (Å²) in [4.78, 5) is 22.8. The standard InChI is InChI=1S/C18H18N2O6/c1-11(18(23)24)26-15-8-3-12(9-16(15)25-2)10-19-20-17(22)13-4-6-14(21)7-5-13/h3-11,21H,1-2H3,(H,20,22)(H,23,24)/b19-10-/t11-/m0/s1. The van der Waals surface area contributed by atoms with Crippen LogP contribution in [0.5, 0.6) is 17.2 Å². The molecule has 136 valence electrons. The molecule has 8 nitrogen and oxygen atoms in total. The molecule has 3 N–H and O–H groups in total. The Morgan fingerprint density at radius 3 is 2.46 bits per heavy atom. The van der Waals surface area contributed by atoms with Gasteiger partial charge < -0.3 is 19.7 Å². The molecule has 0 fully saturated rings. The zero-order valence-electron chi connectivity index (χ0n) is 14.2. The monoisotopic (exact) mass is 358 g/mol. The number of carbonyl (C=O) groups excluding carboxylic acids is 1. The van der Waals surface area contributed by atoms with E-state index in [1.54, 1.807) is 18.2 Å². The highest BCUT2D eigenvalue weighted by Gasteiger charge is 2.15. The first-order valence-corrected chi connectivity index (χ1v) is 7.60. The van der Waals surface area contributed by atoms with E-state index in [4.69, 9.17) is 14.6 Å². The summed E-state index contributed by atoms with van der Waals surface area (Å²) in [5.41, 5.74) is 3.33. The number of methoxy groups -OCH3 is 1. The number of nitrogens with one attached hydrogen (secondary N) is 1. The van der Waals surface area contributed by atoms with Crippen molar-refractivity contribution in [2.75, 3.05) is 7.11 Å². The van der Waals surface area contributed by atoms with Gasteiger partial charge in [-0.15, -0.1) is 0 Å². The summed E-state index contributed by atoms with van der Waals surface area (Å²) in [7, 11) is 1.43. The quantitative estimate of drug-likeness (QED) is 0.515. The van der Waals surface area contributed by atoms with Crippen LogP contribution in [0.2, 0.25) is 0 Å². The van der Waals surface area contributed by atoms with E-state index in [9.17, 15) is 14.7 Å². The molecule has 0 heterocycles. The highest BCUT2D eigenvalue weighted by Crippen LogP contribution is 2.28. The second kappa shape index (κ2) is 8.52. The Labute approximate surface area is 149 Å². The van der Waals surface area contributed by atoms with Gasteiger partial charge in [0, 0.05) is 5.56 Å². The highest BCUT2D eigenvalue weighted by molar-refractivity contribution is 5.95. The lowest BCUT2D eigenvalue weighted by molar-refractivity contribution is -0.144. The Morgan fingerprint density at radius 2 is 1.85 bits per heavy atom. The lowest BCUT2D eigenvalue weighted by Gasteiger charge is -2.13. The minimum Gasteiger partial charge on any atom is -0.508 e. The Hall–Kier alpha value is -3.55. The number of nitrogens with zero attached hydrogens (tertiary/aromatic N) is 1. The van der Waals surface area contributed by atoms with E-state index in [1.165, 1.54) is 44.5 Å². The third kappa shape index (κ3) is 4.97. The number of benzene rings is 2. The molecule has 0 saturated heterocycles. The van der Waals surface area contributed by atoms with Crippen LogP contribution in [-0.2, 0) is 4.79 Å². The molecule has 2 aromatic carbocycles. The van der Waals surface area contributed by atoms with Gasteiger partial charge in [0.2, 0.25) is 0 Å². The van der Waals surface area contributed by atoms with Crippen LogP contribution in [0.3, 0.4) is 0 Å². The number of hydrazone groups is 1. The van der Waals surface area contributed by atoms with Crippen LogP contribution in [-0.4, -0.2) is 41.5 Å². The summed E-state index contributed by atoms with van der Waals surface area (Å²) in [6.45, 7) is 1.41. The lowest BCUT2D eigenvalue weighted by atomic mass is 10.2. The van der Waals surface area contributed by atoms with Crippen LogP contribution in [0.1, 0.15) is 22.8 Å². The summed E-state index contributed by atoms with van der Waals surface area (Å²) in [5, 5.41) is 22.0. The van der Waals surface area contributed by atoms with E-state index < -0.39 is 18.0 Å². The molecule has 26 heavy (non-hydrogen) atoms. The van der Waals surface area contributed by atoms with Crippen LogP contribution in [0.4, 0.5) is 0 Å². The summed E-state index contributed by atoms with van der Waals surface area (Å²) in [5.74, 6) is -0.825. The Kier molecular flexibility index (Phi) is 6.15. The predicted molar refractivity (Wildman–Crippen MR) is 93.9 cm³/mol. The minimum absolute atomic E-state index is 0.0664. The van der Waals surface area contributed by atoms with E-state index in [1.807, 2.05) is 0 Å². The van der Waals surface area contributed by atoms with E-state index in [0.29, 0.717) is 16.9 Å². The molecule has 8 heteroatoms. The number of carboxylic acid groups (broad SMARTS) is 1. The van der Waals surface area contributed by atoms with Gasteiger partial charge in [-0.25, -0.2) is 10.2 Å². The third-order valence-electron chi connectivity index (χ3n) is 3.35. The molecule has 0 radical (unpaired) electrons. The van der Waals surface area contributed by atoms with E-state index >= 15 is 0 Å². The Bertz CT molecular complexity index is 817. The molecule has 2 rings (SSSR count). The van der Waals surface area contributed by atoms with Crippen molar-refractivity contribution in [3.8, 4) is 17.2 Å². The van der Waals surface area contributed by atoms with E-state index in [2.05, 4.69) is 10.5 Å². The van der Waals surface area contributed by atoms with Gasteiger partial charge in [-0.05, 0) is 55.0 Å². The van der Waals surface area contributed by atoms with Crippen LogP contribution < -0.4 is 14.9 Å². The predicted octanol–water partition coefficient (Wildman–Crippen LogP) is 2.02. The number of phenolic OH excluding ortho intramolecular Hbond substituents is 1. The van der Waals surface area contributed by atoms with E-state index in [-0.39, 0.29) is 11.5 Å². The fourth-order valence-electron chi connectivity index (χ4n) is 1.95. The van der Waals surface area contributed by atoms with Crippen molar-refractivity contribution < 1.29 is 29.3 Å². The summed E-state index contributed by atoms with van der Waals surface area (Å²) < 4.78 is 10.5. The minimum atomic E-state index is -1.09. The molecule has 0 spiro atoms. The fraction of sp³-hybridized carbons (Fsp3) is 0.167. The third-order valence-corrected chi connectivity index (χ3v) is 3.35. The maximum Gasteiger partial charge on any atom is 0.344 e. The molecule has 0 aliphatic carbocycles. The number of aromatic hydroxyl groups is 1. The van der Waals surface area contributed by atoms with Crippen LogP contribution in [0.15, 0.2) is 47.6 Å². The number of hydrogen-bond acceptors (Lipinski definition) is 6. The van der Waals surface area contributed by atoms with Gasteiger partial charge in [-0.2, -0.15) is 5.10 Å². The first-order chi connectivity index (χ1) is 12.4. The number of hydrogen-bond donors (Lipinski definition) is 3. The molecule has 1 atom stereocenters. The molecule has 1 amide bonds. The van der Waals surface area contributed by atoms with E-state index in [0.717, 1.165) is 0 Å². The van der Waals surface area contributed by atoms with Gasteiger partial charge in [-0.1, -0.05) is 0 Å². The van der Waals surface area contributed by atoms with Crippen LogP contribution >= 0.6 is 0 Å². The lowest BCUT2D eigenvalue weighted by Crippen LogP contribution is -2.23. The van der Waals surface area contributed by atoms with Crippen molar-refractivity contribution in [1.82, 2.24) is 5.43 Å². The maximum atomic E-state index is 11.9. The second-order valence-electron chi connectivity index (χ2n) is 5.25. The SMILES string of the molecule is COc1cc(/C=N\NC(=O)c2ccc(O)cc2)ccc1O[C@@H](C)C(=O)O. The Morgan fingerprint density at radius 1 is 1.15 bits per heavy atom. The van der Waals surface area contributed by atoms with Gasteiger partial charge in [0.05, 0.1) is 13.3 Å². The zero-order chi connectivity index (χ0) is 19.1. The van der Waals surface area contributed by atoms with Crippen molar-refractivity contribution in [3.05, 3.63) is 53.6 Å². The molecular weight excluding hydrogens is 340 g/mol. The molecule has 0 bridgehead atoms. The first kappa shape index (κ1) is 18.8. The second-order valence-corrected chi connectivity index (χ2v) is 5.25. The summed E-state index contributed by atoms with van der Waals surface area (Å²) in [6, 6.07) is 10.5. The molecule has 0 aliphatic rings. The van der Waals surface area contributed by atoms with Gasteiger partial charge in [0.1, 0.15) is 5.75 Å². The smallest absolute Gasteiger partial charge is 0.344 e. The fourth-order valence-corrected chi connectivity index (χ4v) is 1.95. The summed E-state index contributed by atoms with van der Waals surface area (Å²) in [6.07, 6.45) is 0.388. The number of carboxylic acids is 1. The number of aliphatic carboxylic acids is 1. The molecular formula is C18H18N2O6. The average Bonchev–Trinajstić information content (AvgIpc) is 2.63. The average molecular weight is 358 g/mol. The van der Waals surface area contributed by atoms with Gasteiger partial charge in [-0.3, -0.25) is 4.79 Å². The number of phenols is 1. The number of rotatable bonds is 7.